The minimum absolute atomic E-state index is 0.168. The van der Waals surface area contributed by atoms with Crippen molar-refractivity contribution >= 4 is 23.1 Å². The first kappa shape index (κ1) is 15.1. The number of hydrogen-bond donors (Lipinski definition) is 2. The fourth-order valence-electron chi connectivity index (χ4n) is 2.25. The van der Waals surface area contributed by atoms with Crippen molar-refractivity contribution in [2.45, 2.75) is 30.6 Å². The molecular weight excluding hydrogens is 283 g/mol. The summed E-state index contributed by atoms with van der Waals surface area (Å²) in [5, 5.41) is 23.9. The zero-order valence-corrected chi connectivity index (χ0v) is 12.0. The van der Waals surface area contributed by atoms with E-state index >= 15 is 0 Å². The summed E-state index contributed by atoms with van der Waals surface area (Å²) in [6.45, 7) is 2.28. The van der Waals surface area contributed by atoms with Gasteiger partial charge in [-0.1, -0.05) is 6.92 Å². The van der Waals surface area contributed by atoms with Crippen LogP contribution in [0.2, 0.25) is 0 Å². The number of hydrogen-bond acceptors (Lipinski definition) is 5. The summed E-state index contributed by atoms with van der Waals surface area (Å²) in [6, 6.07) is 3.46. The average molecular weight is 300 g/mol. The van der Waals surface area contributed by atoms with E-state index < -0.39 is 16.3 Å². The average Bonchev–Trinajstić information content (AvgIpc) is 2.41. The molecule has 2 rings (SSSR count). The maximum Gasteiger partial charge on any atom is 0.272 e. The number of nitro benzene ring substituents is 1. The molecule has 2 atom stereocenters. The fourth-order valence-corrected chi connectivity index (χ4v) is 3.44. The summed E-state index contributed by atoms with van der Waals surface area (Å²) >= 11 is 1.70. The number of rotatable bonds is 6. The van der Waals surface area contributed by atoms with Crippen molar-refractivity contribution in [3.63, 3.8) is 0 Å². The number of aliphatic hydroxyl groups is 1. The summed E-state index contributed by atoms with van der Waals surface area (Å²) in [4.78, 5) is 9.89. The SMILES string of the molecule is CCSC1CCC1(O)CNc1ccc([N+](=O)[O-])cc1F. The van der Waals surface area contributed by atoms with Crippen LogP contribution >= 0.6 is 11.8 Å². The molecule has 0 aromatic heterocycles. The van der Waals surface area contributed by atoms with Crippen molar-refractivity contribution in [3.8, 4) is 0 Å². The molecule has 1 aliphatic rings. The van der Waals surface area contributed by atoms with Crippen LogP contribution < -0.4 is 5.32 Å². The van der Waals surface area contributed by atoms with E-state index in [0.29, 0.717) is 6.42 Å². The van der Waals surface area contributed by atoms with E-state index in [1.54, 1.807) is 11.8 Å². The number of halogens is 1. The first-order valence-electron chi connectivity index (χ1n) is 6.48. The molecule has 110 valence electrons. The van der Waals surface area contributed by atoms with Crippen LogP contribution in [0.4, 0.5) is 15.8 Å². The van der Waals surface area contributed by atoms with Crippen molar-refractivity contribution in [1.29, 1.82) is 0 Å². The van der Waals surface area contributed by atoms with Gasteiger partial charge in [0.2, 0.25) is 0 Å². The second-order valence-corrected chi connectivity index (χ2v) is 6.34. The van der Waals surface area contributed by atoms with Gasteiger partial charge in [0.15, 0.2) is 5.82 Å². The van der Waals surface area contributed by atoms with E-state index in [4.69, 9.17) is 0 Å². The van der Waals surface area contributed by atoms with E-state index in [9.17, 15) is 19.6 Å². The summed E-state index contributed by atoms with van der Waals surface area (Å²) < 4.78 is 13.7. The minimum Gasteiger partial charge on any atom is -0.387 e. The van der Waals surface area contributed by atoms with Crippen LogP contribution in [0, 0.1) is 15.9 Å². The number of non-ortho nitro benzene ring substituents is 1. The van der Waals surface area contributed by atoms with Gasteiger partial charge in [-0.05, 0) is 24.7 Å². The molecule has 20 heavy (non-hydrogen) atoms. The van der Waals surface area contributed by atoms with Crippen LogP contribution in [0.3, 0.4) is 0 Å². The van der Waals surface area contributed by atoms with Gasteiger partial charge in [-0.15, -0.1) is 0 Å². The van der Waals surface area contributed by atoms with Gasteiger partial charge in [-0.25, -0.2) is 4.39 Å². The lowest BCUT2D eigenvalue weighted by Crippen LogP contribution is -2.54. The van der Waals surface area contributed by atoms with Gasteiger partial charge in [-0.3, -0.25) is 10.1 Å². The van der Waals surface area contributed by atoms with Crippen LogP contribution in [0.1, 0.15) is 19.8 Å². The molecule has 0 bridgehead atoms. The third kappa shape index (κ3) is 3.04. The highest BCUT2D eigenvalue weighted by molar-refractivity contribution is 8.00. The topological polar surface area (TPSA) is 75.4 Å². The maximum absolute atomic E-state index is 13.7. The Morgan fingerprint density at radius 1 is 1.65 bits per heavy atom. The lowest BCUT2D eigenvalue weighted by Gasteiger charge is -2.45. The molecule has 1 fully saturated rings. The van der Waals surface area contributed by atoms with Gasteiger partial charge in [0.05, 0.1) is 22.3 Å². The lowest BCUT2D eigenvalue weighted by molar-refractivity contribution is -0.385. The van der Waals surface area contributed by atoms with Gasteiger partial charge < -0.3 is 10.4 Å². The molecule has 1 saturated carbocycles. The predicted octanol–water partition coefficient (Wildman–Crippen LogP) is 2.79. The van der Waals surface area contributed by atoms with Gasteiger partial charge in [-0.2, -0.15) is 11.8 Å². The van der Waals surface area contributed by atoms with Gasteiger partial charge in [0, 0.05) is 17.9 Å². The molecule has 1 aromatic carbocycles. The van der Waals surface area contributed by atoms with Crippen molar-refractivity contribution in [3.05, 3.63) is 34.1 Å². The first-order valence-corrected chi connectivity index (χ1v) is 7.53. The van der Waals surface area contributed by atoms with Crippen LogP contribution in [0.15, 0.2) is 18.2 Å². The third-order valence-electron chi connectivity index (χ3n) is 3.56. The highest BCUT2D eigenvalue weighted by Gasteiger charge is 2.45. The molecule has 5 nitrogen and oxygen atoms in total. The largest absolute Gasteiger partial charge is 0.387 e. The summed E-state index contributed by atoms with van der Waals surface area (Å²) in [7, 11) is 0. The summed E-state index contributed by atoms with van der Waals surface area (Å²) in [5.74, 6) is 0.251. The van der Waals surface area contributed by atoms with E-state index in [1.165, 1.54) is 12.1 Å². The second kappa shape index (κ2) is 5.97. The van der Waals surface area contributed by atoms with Crippen LogP contribution in [-0.2, 0) is 0 Å². The van der Waals surface area contributed by atoms with E-state index in [2.05, 4.69) is 5.32 Å². The standard InChI is InChI=1S/C13H17FN2O3S/c1-2-20-12-5-6-13(12,17)8-15-11-4-3-9(16(18)19)7-10(11)14/h3-4,7,12,15,17H,2,5-6,8H2,1H3. The maximum atomic E-state index is 13.7. The highest BCUT2D eigenvalue weighted by atomic mass is 32.2. The zero-order chi connectivity index (χ0) is 14.8. The molecule has 1 aliphatic carbocycles. The smallest absolute Gasteiger partial charge is 0.272 e. The fraction of sp³-hybridized carbons (Fsp3) is 0.538. The van der Waals surface area contributed by atoms with Crippen LogP contribution in [-0.4, -0.2) is 33.2 Å². The second-order valence-electron chi connectivity index (χ2n) is 4.86. The van der Waals surface area contributed by atoms with E-state index in [-0.39, 0.29) is 23.2 Å². The molecule has 0 spiro atoms. The van der Waals surface area contributed by atoms with Gasteiger partial charge in [0.1, 0.15) is 0 Å². The molecule has 1 aromatic rings. The predicted molar refractivity (Wildman–Crippen MR) is 77.6 cm³/mol. The Bertz CT molecular complexity index is 514. The molecular formula is C13H17FN2O3S. The van der Waals surface area contributed by atoms with Crippen molar-refractivity contribution in [2.75, 3.05) is 17.6 Å². The first-order chi connectivity index (χ1) is 9.46. The Balaban J connectivity index is 1.99. The summed E-state index contributed by atoms with van der Waals surface area (Å²) in [5.41, 5.74) is -0.930. The quantitative estimate of drug-likeness (QED) is 0.624. The third-order valence-corrected chi connectivity index (χ3v) is 4.97. The van der Waals surface area contributed by atoms with E-state index in [1.807, 2.05) is 6.92 Å². The molecule has 0 radical (unpaired) electrons. The number of benzene rings is 1. The molecule has 2 N–H and O–H groups in total. The Labute approximate surface area is 120 Å². The molecule has 0 aliphatic heterocycles. The van der Waals surface area contributed by atoms with Crippen molar-refractivity contribution < 1.29 is 14.4 Å². The minimum atomic E-state index is -0.825. The Kier molecular flexibility index (Phi) is 4.49. The number of thioether (sulfide) groups is 1. The number of anilines is 1. The molecule has 0 saturated heterocycles. The van der Waals surface area contributed by atoms with Crippen molar-refractivity contribution in [1.82, 2.24) is 0 Å². The van der Waals surface area contributed by atoms with Crippen molar-refractivity contribution in [2.24, 2.45) is 0 Å². The Morgan fingerprint density at radius 2 is 2.40 bits per heavy atom. The number of nitrogens with zero attached hydrogens (tertiary/aromatic N) is 1. The zero-order valence-electron chi connectivity index (χ0n) is 11.1. The van der Waals surface area contributed by atoms with Gasteiger partial charge in [0.25, 0.3) is 5.69 Å². The van der Waals surface area contributed by atoms with Crippen LogP contribution in [0.25, 0.3) is 0 Å². The molecule has 7 heteroatoms. The van der Waals surface area contributed by atoms with Crippen LogP contribution in [0.5, 0.6) is 0 Å². The Hall–Kier alpha value is -1.34. The number of nitrogens with one attached hydrogen (secondary N) is 1. The number of nitro groups is 1. The lowest BCUT2D eigenvalue weighted by atomic mass is 9.79. The molecule has 2 unspecified atom stereocenters. The Morgan fingerprint density at radius 3 is 2.90 bits per heavy atom. The monoisotopic (exact) mass is 300 g/mol. The highest BCUT2D eigenvalue weighted by Crippen LogP contribution is 2.41. The normalized spacial score (nSPS) is 25.1. The van der Waals surface area contributed by atoms with Gasteiger partial charge >= 0.3 is 0 Å². The van der Waals surface area contributed by atoms with E-state index in [0.717, 1.165) is 18.2 Å². The molecule has 0 heterocycles. The molecule has 0 amide bonds. The summed E-state index contributed by atoms with van der Waals surface area (Å²) in [6.07, 6.45) is 1.64.